The molecule has 1 amide bonds. The second-order valence-electron chi connectivity index (χ2n) is 8.93. The van der Waals surface area contributed by atoms with Crippen LogP contribution in [0.2, 0.25) is 0 Å². The molecule has 0 saturated heterocycles. The number of thioether (sulfide) groups is 1. The fraction of sp³-hybridized carbons (Fsp3) is 0.385. The van der Waals surface area contributed by atoms with Crippen molar-refractivity contribution in [3.63, 3.8) is 0 Å². The second-order valence-corrected chi connectivity index (χ2v) is 9.99. The average molecular weight is 499 g/mol. The number of fused-ring (bicyclic) bond motifs is 3. The highest BCUT2D eigenvalue weighted by molar-refractivity contribution is 7.99. The number of halogens is 2. The van der Waals surface area contributed by atoms with Gasteiger partial charge in [-0.05, 0) is 43.9 Å². The van der Waals surface area contributed by atoms with Crippen molar-refractivity contribution >= 4 is 23.4 Å². The van der Waals surface area contributed by atoms with Crippen LogP contribution in [0.25, 0.3) is 11.3 Å². The van der Waals surface area contributed by atoms with Gasteiger partial charge in [-0.3, -0.25) is 9.69 Å². The summed E-state index contributed by atoms with van der Waals surface area (Å²) >= 11 is 1.45. The van der Waals surface area contributed by atoms with E-state index in [1.807, 2.05) is 26.0 Å². The van der Waals surface area contributed by atoms with Crippen LogP contribution in [0.4, 0.5) is 14.5 Å². The number of aromatic nitrogens is 3. The summed E-state index contributed by atoms with van der Waals surface area (Å²) in [5, 5.41) is 9.10. The van der Waals surface area contributed by atoms with E-state index in [0.29, 0.717) is 34.4 Å². The number of amides is 1. The normalized spacial score (nSPS) is 14.8. The number of hydrogen-bond donors (Lipinski definition) is 0. The number of anilines is 1. The third-order valence-electron chi connectivity index (χ3n) is 5.67. The van der Waals surface area contributed by atoms with Crippen LogP contribution >= 0.6 is 11.8 Å². The second kappa shape index (κ2) is 10.7. The van der Waals surface area contributed by atoms with Crippen molar-refractivity contribution in [3.8, 4) is 17.1 Å². The third kappa shape index (κ3) is 5.29. The molecule has 9 heteroatoms. The molecule has 1 aliphatic heterocycles. The van der Waals surface area contributed by atoms with Gasteiger partial charge in [0.2, 0.25) is 23.2 Å². The summed E-state index contributed by atoms with van der Waals surface area (Å²) in [4.78, 5) is 19.3. The average Bonchev–Trinajstić information content (AvgIpc) is 2.95. The van der Waals surface area contributed by atoms with E-state index in [0.717, 1.165) is 23.8 Å². The molecule has 0 spiro atoms. The van der Waals surface area contributed by atoms with Crippen LogP contribution in [-0.2, 0) is 4.79 Å². The monoisotopic (exact) mass is 498 g/mol. The van der Waals surface area contributed by atoms with Crippen molar-refractivity contribution in [1.82, 2.24) is 15.2 Å². The van der Waals surface area contributed by atoms with Crippen molar-refractivity contribution < 1.29 is 18.3 Å². The zero-order chi connectivity index (χ0) is 25.1. The van der Waals surface area contributed by atoms with E-state index >= 15 is 4.39 Å². The Morgan fingerprint density at radius 3 is 2.74 bits per heavy atom. The van der Waals surface area contributed by atoms with E-state index in [2.05, 4.69) is 29.0 Å². The van der Waals surface area contributed by atoms with E-state index in [9.17, 15) is 9.18 Å². The summed E-state index contributed by atoms with van der Waals surface area (Å²) in [6.45, 7) is 8.08. The predicted octanol–water partition coefficient (Wildman–Crippen LogP) is 6.49. The first-order valence-corrected chi connectivity index (χ1v) is 12.7. The molecule has 0 N–H and O–H groups in total. The molecule has 6 nitrogen and oxygen atoms in total. The highest BCUT2D eigenvalue weighted by Crippen LogP contribution is 2.44. The third-order valence-corrected chi connectivity index (χ3v) is 6.54. The zero-order valence-corrected chi connectivity index (χ0v) is 21.0. The highest BCUT2D eigenvalue weighted by atomic mass is 32.2. The highest BCUT2D eigenvalue weighted by Gasteiger charge is 2.37. The van der Waals surface area contributed by atoms with Gasteiger partial charge < -0.3 is 4.74 Å². The molecule has 184 valence electrons. The smallest absolute Gasteiger partial charge is 0.247 e. The molecule has 2 aromatic carbocycles. The minimum absolute atomic E-state index is 0.0959. The van der Waals surface area contributed by atoms with Crippen molar-refractivity contribution in [2.24, 2.45) is 5.92 Å². The number of nitrogens with zero attached hydrogens (tertiary/aromatic N) is 4. The summed E-state index contributed by atoms with van der Waals surface area (Å²) in [5.41, 5.74) is 2.28. The van der Waals surface area contributed by atoms with Crippen LogP contribution in [-0.4, -0.2) is 26.8 Å². The first-order chi connectivity index (χ1) is 16.8. The first-order valence-electron chi connectivity index (χ1n) is 11.7. The van der Waals surface area contributed by atoms with Gasteiger partial charge in [0, 0.05) is 17.7 Å². The van der Waals surface area contributed by atoms with Gasteiger partial charge in [0.1, 0.15) is 0 Å². The van der Waals surface area contributed by atoms with Gasteiger partial charge in [-0.1, -0.05) is 56.3 Å². The van der Waals surface area contributed by atoms with Gasteiger partial charge in [0.05, 0.1) is 11.3 Å². The van der Waals surface area contributed by atoms with Crippen LogP contribution in [0.15, 0.2) is 41.6 Å². The van der Waals surface area contributed by atoms with Gasteiger partial charge in [-0.25, -0.2) is 8.78 Å². The molecular weight excluding hydrogens is 470 g/mol. The molecule has 1 aromatic heterocycles. The van der Waals surface area contributed by atoms with Gasteiger partial charge in [0.25, 0.3) is 0 Å². The fourth-order valence-corrected chi connectivity index (χ4v) is 4.86. The Hall–Kier alpha value is -3.07. The summed E-state index contributed by atoms with van der Waals surface area (Å²) in [6, 6.07) is 9.34. The Morgan fingerprint density at radius 1 is 1.20 bits per heavy atom. The van der Waals surface area contributed by atoms with Gasteiger partial charge in [0.15, 0.2) is 17.3 Å². The van der Waals surface area contributed by atoms with E-state index in [-0.39, 0.29) is 23.8 Å². The maximum absolute atomic E-state index is 15.0. The fourth-order valence-electron chi connectivity index (χ4n) is 3.84. The minimum atomic E-state index is -1.27. The topological polar surface area (TPSA) is 68.2 Å². The lowest BCUT2D eigenvalue weighted by atomic mass is 10.0. The molecule has 0 bridgehead atoms. The van der Waals surface area contributed by atoms with Crippen molar-refractivity contribution in [2.45, 2.75) is 58.3 Å². The lowest BCUT2D eigenvalue weighted by molar-refractivity contribution is -0.120. The maximum Gasteiger partial charge on any atom is 0.247 e. The van der Waals surface area contributed by atoms with Gasteiger partial charge >= 0.3 is 0 Å². The maximum atomic E-state index is 15.0. The first kappa shape index (κ1) is 25.0. The Labute approximate surface area is 208 Å². The van der Waals surface area contributed by atoms with Crippen LogP contribution in [0.1, 0.15) is 57.4 Å². The molecule has 35 heavy (non-hydrogen) atoms. The quantitative estimate of drug-likeness (QED) is 0.347. The van der Waals surface area contributed by atoms with Crippen molar-refractivity contribution in [2.75, 3.05) is 10.7 Å². The molecule has 0 saturated carbocycles. The number of rotatable bonds is 7. The molecule has 1 atom stereocenters. The SMILES string of the molecule is CCCC(=O)N1c2ccc(C)cc2-c2nnc(SCCC(C)C)nc2O[C@@H]1c1cccc(F)c1F. The Bertz CT molecular complexity index is 1240. The summed E-state index contributed by atoms with van der Waals surface area (Å²) in [5.74, 6) is -0.916. The Morgan fingerprint density at radius 2 is 2.00 bits per heavy atom. The number of carbonyl (C=O) groups excluding carboxylic acids is 1. The molecule has 0 radical (unpaired) electrons. The summed E-state index contributed by atoms with van der Waals surface area (Å²) in [6.07, 6.45) is 0.495. The predicted molar refractivity (Wildman–Crippen MR) is 132 cm³/mol. The zero-order valence-electron chi connectivity index (χ0n) is 20.2. The standard InChI is InChI=1S/C26H28F2N4O2S/c1-5-7-21(33)32-20-11-10-16(4)14-18(20)23-24(29-26(31-30-23)35-13-12-15(2)3)34-25(32)17-8-6-9-19(27)22(17)28/h6,8-11,14-15,25H,5,7,12-13H2,1-4H3/t25-/m1/s1. The van der Waals surface area contributed by atoms with Crippen LogP contribution in [0.5, 0.6) is 5.88 Å². The van der Waals surface area contributed by atoms with E-state index in [1.54, 1.807) is 6.07 Å². The molecular formula is C26H28F2N4O2S. The van der Waals surface area contributed by atoms with E-state index in [1.165, 1.54) is 28.8 Å². The van der Waals surface area contributed by atoms with Crippen LogP contribution in [0, 0.1) is 24.5 Å². The van der Waals surface area contributed by atoms with E-state index < -0.39 is 17.9 Å². The molecule has 0 fully saturated rings. The number of benzene rings is 2. The van der Waals surface area contributed by atoms with Crippen LogP contribution in [0.3, 0.4) is 0 Å². The molecule has 3 aromatic rings. The summed E-state index contributed by atoms with van der Waals surface area (Å²) in [7, 11) is 0. The van der Waals surface area contributed by atoms with Gasteiger partial charge in [-0.2, -0.15) is 4.98 Å². The molecule has 0 unspecified atom stereocenters. The summed E-state index contributed by atoms with van der Waals surface area (Å²) < 4.78 is 35.5. The van der Waals surface area contributed by atoms with Crippen LogP contribution < -0.4 is 9.64 Å². The van der Waals surface area contributed by atoms with Gasteiger partial charge in [-0.15, -0.1) is 10.2 Å². The van der Waals surface area contributed by atoms with Crippen molar-refractivity contribution in [3.05, 3.63) is 59.2 Å². The Balaban J connectivity index is 1.89. The largest absolute Gasteiger partial charge is 0.447 e. The molecule has 2 heterocycles. The minimum Gasteiger partial charge on any atom is -0.447 e. The van der Waals surface area contributed by atoms with E-state index in [4.69, 9.17) is 4.74 Å². The molecule has 4 rings (SSSR count). The molecule has 0 aliphatic carbocycles. The lowest BCUT2D eigenvalue weighted by Gasteiger charge is -2.31. The molecule has 1 aliphatic rings. The lowest BCUT2D eigenvalue weighted by Crippen LogP contribution is -2.38. The number of carbonyl (C=O) groups is 1. The number of hydrogen-bond acceptors (Lipinski definition) is 6. The number of aryl methyl sites for hydroxylation is 1. The van der Waals surface area contributed by atoms with Crippen molar-refractivity contribution in [1.29, 1.82) is 0 Å². The Kier molecular flexibility index (Phi) is 7.64. The number of ether oxygens (including phenoxy) is 1.